The zero-order chi connectivity index (χ0) is 20.4. The van der Waals surface area contributed by atoms with Crippen molar-refractivity contribution in [3.8, 4) is 11.5 Å². The summed E-state index contributed by atoms with van der Waals surface area (Å²) in [6, 6.07) is 13.4. The summed E-state index contributed by atoms with van der Waals surface area (Å²) < 4.78 is 11.7. The monoisotopic (exact) mass is 383 g/mol. The van der Waals surface area contributed by atoms with E-state index in [1.807, 2.05) is 56.3 Å². The normalized spacial score (nSPS) is 11.7. The third-order valence-corrected chi connectivity index (χ3v) is 4.71. The number of carbonyl (C=O) groups is 1. The second kappa shape index (κ2) is 11.4. The van der Waals surface area contributed by atoms with Crippen LogP contribution < -0.4 is 14.8 Å². The highest BCUT2D eigenvalue weighted by molar-refractivity contribution is 5.94. The van der Waals surface area contributed by atoms with E-state index in [9.17, 15) is 4.79 Å². The Morgan fingerprint density at radius 2 is 1.61 bits per heavy atom. The lowest BCUT2D eigenvalue weighted by atomic mass is 10.1. The van der Waals surface area contributed by atoms with Crippen LogP contribution in [0.5, 0.6) is 11.5 Å². The van der Waals surface area contributed by atoms with Crippen LogP contribution in [0.25, 0.3) is 0 Å². The Morgan fingerprint density at radius 1 is 0.964 bits per heavy atom. The number of amides is 1. The molecule has 0 heterocycles. The van der Waals surface area contributed by atoms with Gasteiger partial charge in [0.2, 0.25) is 0 Å². The van der Waals surface area contributed by atoms with Crippen molar-refractivity contribution >= 4 is 11.6 Å². The fourth-order valence-electron chi connectivity index (χ4n) is 2.99. The van der Waals surface area contributed by atoms with Gasteiger partial charge in [0.1, 0.15) is 11.5 Å². The fraction of sp³-hybridized carbons (Fsp3) is 0.458. The maximum Gasteiger partial charge on any atom is 0.265 e. The van der Waals surface area contributed by atoms with Gasteiger partial charge in [0.05, 0.1) is 6.61 Å². The average Bonchev–Trinajstić information content (AvgIpc) is 2.68. The second-order valence-corrected chi connectivity index (χ2v) is 7.26. The minimum Gasteiger partial charge on any atom is -0.494 e. The van der Waals surface area contributed by atoms with Gasteiger partial charge in [-0.25, -0.2) is 0 Å². The first-order chi connectivity index (χ1) is 13.5. The molecule has 0 aliphatic carbocycles. The predicted octanol–water partition coefficient (Wildman–Crippen LogP) is 6.06. The van der Waals surface area contributed by atoms with E-state index in [0.29, 0.717) is 0 Å². The molecule has 0 saturated carbocycles. The molecule has 152 valence electrons. The van der Waals surface area contributed by atoms with Crippen LogP contribution in [-0.2, 0) is 4.79 Å². The van der Waals surface area contributed by atoms with Gasteiger partial charge in [0, 0.05) is 5.69 Å². The van der Waals surface area contributed by atoms with Crippen molar-refractivity contribution in [2.24, 2.45) is 0 Å². The predicted molar refractivity (Wildman–Crippen MR) is 115 cm³/mol. The van der Waals surface area contributed by atoms with E-state index in [2.05, 4.69) is 12.2 Å². The third-order valence-electron chi connectivity index (χ3n) is 4.71. The van der Waals surface area contributed by atoms with Gasteiger partial charge in [0.25, 0.3) is 5.91 Å². The molecule has 0 aliphatic heterocycles. The summed E-state index contributed by atoms with van der Waals surface area (Å²) in [7, 11) is 0. The third kappa shape index (κ3) is 6.91. The molecule has 0 aromatic heterocycles. The topological polar surface area (TPSA) is 47.6 Å². The van der Waals surface area contributed by atoms with Crippen molar-refractivity contribution in [1.82, 2.24) is 0 Å². The van der Waals surface area contributed by atoms with Crippen LogP contribution in [-0.4, -0.2) is 18.6 Å². The van der Waals surface area contributed by atoms with Gasteiger partial charge in [-0.1, -0.05) is 50.8 Å². The summed E-state index contributed by atoms with van der Waals surface area (Å²) >= 11 is 0. The highest BCUT2D eigenvalue weighted by Gasteiger charge is 2.17. The zero-order valence-electron chi connectivity index (χ0n) is 17.6. The van der Waals surface area contributed by atoms with E-state index >= 15 is 0 Å². The molecule has 2 aromatic carbocycles. The van der Waals surface area contributed by atoms with Crippen molar-refractivity contribution in [3.05, 3.63) is 53.6 Å². The summed E-state index contributed by atoms with van der Waals surface area (Å²) in [6.45, 7) is 8.67. The first-order valence-corrected chi connectivity index (χ1v) is 10.3. The van der Waals surface area contributed by atoms with Gasteiger partial charge in [-0.15, -0.1) is 0 Å². The SMILES string of the molecule is CCCCCCCOc1ccc(NC(=O)[C@@H](C)Oc2c(C)cccc2C)cc1. The van der Waals surface area contributed by atoms with Crippen LogP contribution in [0.1, 0.15) is 57.1 Å². The van der Waals surface area contributed by atoms with Crippen molar-refractivity contribution in [2.45, 2.75) is 65.9 Å². The summed E-state index contributed by atoms with van der Waals surface area (Å²) in [5, 5.41) is 2.90. The van der Waals surface area contributed by atoms with Crippen LogP contribution >= 0.6 is 0 Å². The van der Waals surface area contributed by atoms with Gasteiger partial charge in [-0.2, -0.15) is 0 Å². The van der Waals surface area contributed by atoms with Crippen LogP contribution in [0.4, 0.5) is 5.69 Å². The molecular weight excluding hydrogens is 350 g/mol. The largest absolute Gasteiger partial charge is 0.494 e. The molecule has 1 N–H and O–H groups in total. The van der Waals surface area contributed by atoms with Crippen LogP contribution in [0.2, 0.25) is 0 Å². The Balaban J connectivity index is 1.80. The Hall–Kier alpha value is -2.49. The number of hydrogen-bond acceptors (Lipinski definition) is 3. The standard InChI is InChI=1S/C24H33NO3/c1-5-6-7-8-9-17-27-22-15-13-21(14-16-22)25-24(26)20(4)28-23-18(2)11-10-12-19(23)3/h10-16,20H,5-9,17H2,1-4H3,(H,25,26)/t20-/m1/s1. The summed E-state index contributed by atoms with van der Waals surface area (Å²) in [4.78, 5) is 12.5. The highest BCUT2D eigenvalue weighted by atomic mass is 16.5. The molecule has 1 amide bonds. The first-order valence-electron chi connectivity index (χ1n) is 10.3. The minimum absolute atomic E-state index is 0.174. The molecule has 0 unspecified atom stereocenters. The molecule has 0 saturated heterocycles. The lowest BCUT2D eigenvalue weighted by molar-refractivity contribution is -0.122. The van der Waals surface area contributed by atoms with Gasteiger partial charge in [0.15, 0.2) is 6.10 Å². The first kappa shape index (κ1) is 21.8. The van der Waals surface area contributed by atoms with Gasteiger partial charge in [-0.3, -0.25) is 4.79 Å². The van der Waals surface area contributed by atoms with Crippen LogP contribution in [0.15, 0.2) is 42.5 Å². The zero-order valence-corrected chi connectivity index (χ0v) is 17.6. The number of aryl methyl sites for hydroxylation is 2. The molecule has 0 aliphatic rings. The lowest BCUT2D eigenvalue weighted by Gasteiger charge is -2.18. The number of carbonyl (C=O) groups excluding carboxylic acids is 1. The summed E-state index contributed by atoms with van der Waals surface area (Å²) in [5.41, 5.74) is 2.78. The van der Waals surface area contributed by atoms with Crippen molar-refractivity contribution < 1.29 is 14.3 Å². The smallest absolute Gasteiger partial charge is 0.265 e. The molecule has 0 bridgehead atoms. The molecular formula is C24H33NO3. The molecule has 1 atom stereocenters. The Kier molecular flexibility index (Phi) is 8.86. The van der Waals surface area contributed by atoms with E-state index in [0.717, 1.165) is 41.3 Å². The van der Waals surface area contributed by atoms with Crippen molar-refractivity contribution in [3.63, 3.8) is 0 Å². The molecule has 0 radical (unpaired) electrons. The van der Waals surface area contributed by atoms with Gasteiger partial charge in [-0.05, 0) is 62.6 Å². The fourth-order valence-corrected chi connectivity index (χ4v) is 2.99. The van der Waals surface area contributed by atoms with Gasteiger partial charge < -0.3 is 14.8 Å². The Morgan fingerprint density at radius 3 is 2.25 bits per heavy atom. The minimum atomic E-state index is -0.584. The Labute approximate surface area is 169 Å². The maximum atomic E-state index is 12.5. The molecule has 4 nitrogen and oxygen atoms in total. The molecule has 0 spiro atoms. The highest BCUT2D eigenvalue weighted by Crippen LogP contribution is 2.24. The number of anilines is 1. The van der Waals surface area contributed by atoms with Crippen LogP contribution in [0, 0.1) is 13.8 Å². The van der Waals surface area contributed by atoms with E-state index in [1.54, 1.807) is 6.92 Å². The lowest BCUT2D eigenvalue weighted by Crippen LogP contribution is -2.30. The van der Waals surface area contributed by atoms with Crippen molar-refractivity contribution in [1.29, 1.82) is 0 Å². The number of unbranched alkanes of at least 4 members (excludes halogenated alkanes) is 4. The van der Waals surface area contributed by atoms with Crippen LogP contribution in [0.3, 0.4) is 0 Å². The van der Waals surface area contributed by atoms with E-state index in [-0.39, 0.29) is 5.91 Å². The number of ether oxygens (including phenoxy) is 2. The second-order valence-electron chi connectivity index (χ2n) is 7.26. The number of rotatable bonds is 11. The number of benzene rings is 2. The molecule has 28 heavy (non-hydrogen) atoms. The summed E-state index contributed by atoms with van der Waals surface area (Å²) in [6.07, 6.45) is 5.51. The van der Waals surface area contributed by atoms with E-state index < -0.39 is 6.10 Å². The number of para-hydroxylation sites is 1. The molecule has 0 fully saturated rings. The average molecular weight is 384 g/mol. The van der Waals surface area contributed by atoms with E-state index in [1.165, 1.54) is 25.7 Å². The number of nitrogens with one attached hydrogen (secondary N) is 1. The molecule has 2 aromatic rings. The number of hydrogen-bond donors (Lipinski definition) is 1. The van der Waals surface area contributed by atoms with E-state index in [4.69, 9.17) is 9.47 Å². The van der Waals surface area contributed by atoms with Gasteiger partial charge >= 0.3 is 0 Å². The Bertz CT molecular complexity index is 720. The maximum absolute atomic E-state index is 12.5. The quantitative estimate of drug-likeness (QED) is 0.480. The molecule has 4 heteroatoms. The van der Waals surface area contributed by atoms with Crippen molar-refractivity contribution in [2.75, 3.05) is 11.9 Å². The summed E-state index contributed by atoms with van der Waals surface area (Å²) in [5.74, 6) is 1.42. The molecule has 2 rings (SSSR count).